The van der Waals surface area contributed by atoms with Crippen LogP contribution in [0.2, 0.25) is 0 Å². The van der Waals surface area contributed by atoms with E-state index in [9.17, 15) is 0 Å². The van der Waals surface area contributed by atoms with Crippen LogP contribution in [0, 0.1) is 11.3 Å². The van der Waals surface area contributed by atoms with Crippen molar-refractivity contribution in [3.8, 4) is 6.07 Å². The van der Waals surface area contributed by atoms with Crippen LogP contribution < -0.4 is 0 Å². The summed E-state index contributed by atoms with van der Waals surface area (Å²) in [4.78, 5) is 0. The van der Waals surface area contributed by atoms with E-state index in [4.69, 9.17) is 5.26 Å². The van der Waals surface area contributed by atoms with E-state index >= 15 is 0 Å². The number of hydrogen-bond acceptors (Lipinski definition) is 1. The zero-order chi connectivity index (χ0) is 11.8. The van der Waals surface area contributed by atoms with Gasteiger partial charge in [-0.05, 0) is 33.9 Å². The molecule has 2 aromatic rings. The molecule has 0 radical (unpaired) electrons. The number of benzene rings is 2. The second kappa shape index (κ2) is 3.64. The lowest BCUT2D eigenvalue weighted by atomic mass is 9.83. The normalized spacial score (nSPS) is 11.4. The highest BCUT2D eigenvalue weighted by Gasteiger charge is 2.16. The van der Waals surface area contributed by atoms with Crippen molar-refractivity contribution in [2.45, 2.75) is 26.2 Å². The summed E-state index contributed by atoms with van der Waals surface area (Å²) in [6, 6.07) is 14.4. The Labute approximate surface area is 96.3 Å². The highest BCUT2D eigenvalue weighted by molar-refractivity contribution is 5.87. The van der Waals surface area contributed by atoms with Crippen molar-refractivity contribution < 1.29 is 0 Å². The summed E-state index contributed by atoms with van der Waals surface area (Å²) < 4.78 is 0. The van der Waals surface area contributed by atoms with Crippen LogP contribution in [0.1, 0.15) is 31.9 Å². The fraction of sp³-hybridized carbons (Fsp3) is 0.267. The molecule has 0 saturated heterocycles. The molecule has 2 rings (SSSR count). The lowest BCUT2D eigenvalue weighted by Crippen LogP contribution is -2.11. The number of nitriles is 1. The van der Waals surface area contributed by atoms with Crippen molar-refractivity contribution in [1.82, 2.24) is 0 Å². The molecule has 0 bridgehead atoms. The Kier molecular flexibility index (Phi) is 2.44. The summed E-state index contributed by atoms with van der Waals surface area (Å²) in [6.07, 6.45) is 0. The van der Waals surface area contributed by atoms with Crippen LogP contribution >= 0.6 is 0 Å². The molecule has 2 aromatic carbocycles. The van der Waals surface area contributed by atoms with Gasteiger partial charge < -0.3 is 0 Å². The lowest BCUT2D eigenvalue weighted by Gasteiger charge is -2.21. The monoisotopic (exact) mass is 209 g/mol. The fourth-order valence-electron chi connectivity index (χ4n) is 2.00. The fourth-order valence-corrected chi connectivity index (χ4v) is 2.00. The number of nitrogens with zero attached hydrogens (tertiary/aromatic N) is 1. The predicted molar refractivity (Wildman–Crippen MR) is 67.4 cm³/mol. The van der Waals surface area contributed by atoms with Gasteiger partial charge in [-0.2, -0.15) is 5.26 Å². The second-order valence-electron chi connectivity index (χ2n) is 5.10. The molecule has 0 saturated carbocycles. The molecule has 0 N–H and O–H groups in total. The molecular formula is C15H15N. The number of hydrogen-bond donors (Lipinski definition) is 0. The van der Waals surface area contributed by atoms with Crippen molar-refractivity contribution in [2.75, 3.05) is 0 Å². The Morgan fingerprint density at radius 2 is 1.81 bits per heavy atom. The van der Waals surface area contributed by atoms with Gasteiger partial charge in [0.05, 0.1) is 11.6 Å². The smallest absolute Gasteiger partial charge is 0.0991 e. The van der Waals surface area contributed by atoms with Crippen molar-refractivity contribution in [3.63, 3.8) is 0 Å². The minimum Gasteiger partial charge on any atom is -0.192 e. The first kappa shape index (κ1) is 10.7. The third-order valence-electron chi connectivity index (χ3n) is 2.82. The van der Waals surface area contributed by atoms with E-state index < -0.39 is 0 Å². The molecule has 0 aliphatic heterocycles. The summed E-state index contributed by atoms with van der Waals surface area (Å²) in [7, 11) is 0. The maximum Gasteiger partial charge on any atom is 0.0991 e. The third-order valence-corrected chi connectivity index (χ3v) is 2.82. The quantitative estimate of drug-likeness (QED) is 0.643. The maximum absolute atomic E-state index is 8.94. The molecule has 0 aliphatic rings. The average molecular weight is 209 g/mol. The topological polar surface area (TPSA) is 23.8 Å². The highest BCUT2D eigenvalue weighted by Crippen LogP contribution is 2.30. The first-order valence-electron chi connectivity index (χ1n) is 5.46. The van der Waals surface area contributed by atoms with E-state index in [1.807, 2.05) is 18.2 Å². The minimum absolute atomic E-state index is 0.105. The van der Waals surface area contributed by atoms with Gasteiger partial charge in [0.2, 0.25) is 0 Å². The van der Waals surface area contributed by atoms with Crippen molar-refractivity contribution in [2.24, 2.45) is 0 Å². The first-order valence-corrected chi connectivity index (χ1v) is 5.46. The Morgan fingerprint density at radius 3 is 2.44 bits per heavy atom. The molecule has 0 spiro atoms. The highest BCUT2D eigenvalue weighted by atomic mass is 14.2. The zero-order valence-corrected chi connectivity index (χ0v) is 9.91. The summed E-state index contributed by atoms with van der Waals surface area (Å²) in [5, 5.41) is 11.3. The Bertz CT molecular complexity index is 568. The van der Waals surface area contributed by atoms with Gasteiger partial charge in [-0.3, -0.25) is 0 Å². The summed E-state index contributed by atoms with van der Waals surface area (Å²) in [6.45, 7) is 6.59. The molecule has 0 aromatic heterocycles. The van der Waals surface area contributed by atoms with Gasteiger partial charge in [0.15, 0.2) is 0 Å². The van der Waals surface area contributed by atoms with E-state index in [-0.39, 0.29) is 5.41 Å². The minimum atomic E-state index is 0.105. The van der Waals surface area contributed by atoms with Crippen molar-refractivity contribution in [1.29, 1.82) is 5.26 Å². The number of rotatable bonds is 0. The van der Waals surface area contributed by atoms with Gasteiger partial charge in [0.25, 0.3) is 0 Å². The van der Waals surface area contributed by atoms with Gasteiger partial charge in [-0.25, -0.2) is 0 Å². The maximum atomic E-state index is 8.94. The van der Waals surface area contributed by atoms with E-state index in [0.717, 1.165) is 5.56 Å². The number of fused-ring (bicyclic) bond motifs is 1. The van der Waals surface area contributed by atoms with Gasteiger partial charge in [-0.15, -0.1) is 0 Å². The van der Waals surface area contributed by atoms with Crippen LogP contribution in [0.5, 0.6) is 0 Å². The van der Waals surface area contributed by atoms with Gasteiger partial charge in [0.1, 0.15) is 0 Å². The summed E-state index contributed by atoms with van der Waals surface area (Å²) in [5.74, 6) is 0. The molecule has 16 heavy (non-hydrogen) atoms. The Hall–Kier alpha value is -1.81. The molecule has 0 amide bonds. The Morgan fingerprint density at radius 1 is 1.06 bits per heavy atom. The second-order valence-corrected chi connectivity index (χ2v) is 5.10. The molecule has 1 heteroatoms. The Balaban J connectivity index is 2.80. The standard InChI is InChI=1S/C15H15N/c1-15(2,3)14-6-4-5-12-8-7-11(10-16)9-13(12)14/h4-9H,1-3H3. The van der Waals surface area contributed by atoms with Crippen LogP contribution in [0.4, 0.5) is 0 Å². The van der Waals surface area contributed by atoms with E-state index in [1.54, 1.807) is 0 Å². The molecule has 0 aliphatic carbocycles. The van der Waals surface area contributed by atoms with Gasteiger partial charge >= 0.3 is 0 Å². The summed E-state index contributed by atoms with van der Waals surface area (Å²) in [5.41, 5.74) is 2.12. The van der Waals surface area contributed by atoms with Crippen molar-refractivity contribution in [3.05, 3.63) is 47.5 Å². The first-order chi connectivity index (χ1) is 7.52. The summed E-state index contributed by atoms with van der Waals surface area (Å²) >= 11 is 0. The van der Waals surface area contributed by atoms with E-state index in [2.05, 4.69) is 45.0 Å². The van der Waals surface area contributed by atoms with E-state index in [0.29, 0.717) is 0 Å². The molecule has 0 unspecified atom stereocenters. The zero-order valence-electron chi connectivity index (χ0n) is 9.91. The van der Waals surface area contributed by atoms with E-state index in [1.165, 1.54) is 16.3 Å². The van der Waals surface area contributed by atoms with Crippen LogP contribution in [-0.2, 0) is 5.41 Å². The van der Waals surface area contributed by atoms with Gasteiger partial charge in [0, 0.05) is 0 Å². The molecule has 0 atom stereocenters. The molecule has 80 valence electrons. The predicted octanol–water partition coefficient (Wildman–Crippen LogP) is 4.01. The molecule has 0 heterocycles. The van der Waals surface area contributed by atoms with Crippen LogP contribution in [-0.4, -0.2) is 0 Å². The van der Waals surface area contributed by atoms with Crippen LogP contribution in [0.25, 0.3) is 10.8 Å². The van der Waals surface area contributed by atoms with Gasteiger partial charge in [-0.1, -0.05) is 45.0 Å². The lowest BCUT2D eigenvalue weighted by molar-refractivity contribution is 0.596. The van der Waals surface area contributed by atoms with Crippen LogP contribution in [0.3, 0.4) is 0 Å². The SMILES string of the molecule is CC(C)(C)c1cccc2ccc(C#N)cc12. The molecule has 1 nitrogen and oxygen atoms in total. The molecular weight excluding hydrogens is 194 g/mol. The third kappa shape index (κ3) is 1.79. The average Bonchev–Trinajstić information content (AvgIpc) is 2.26. The van der Waals surface area contributed by atoms with Crippen molar-refractivity contribution >= 4 is 10.8 Å². The largest absolute Gasteiger partial charge is 0.192 e. The van der Waals surface area contributed by atoms with Crippen LogP contribution in [0.15, 0.2) is 36.4 Å². The molecule has 0 fully saturated rings.